The van der Waals surface area contributed by atoms with Gasteiger partial charge >= 0.3 is 18.0 Å². The van der Waals surface area contributed by atoms with E-state index in [9.17, 15) is 24.9 Å². The van der Waals surface area contributed by atoms with Gasteiger partial charge in [-0.15, -0.1) is 0 Å². The van der Waals surface area contributed by atoms with Crippen molar-refractivity contribution in [2.75, 3.05) is 47.5 Å². The van der Waals surface area contributed by atoms with Crippen molar-refractivity contribution >= 4 is 41.2 Å². The molecule has 3 aromatic carbocycles. The molecule has 0 spiro atoms. The molecule has 84 heavy (non-hydrogen) atoms. The highest BCUT2D eigenvalue weighted by Gasteiger charge is 2.54. The van der Waals surface area contributed by atoms with E-state index in [0.717, 1.165) is 25.4 Å². The van der Waals surface area contributed by atoms with Gasteiger partial charge in [-0.2, -0.15) is 0 Å². The van der Waals surface area contributed by atoms with Gasteiger partial charge in [-0.3, -0.25) is 14.5 Å². The van der Waals surface area contributed by atoms with Crippen LogP contribution in [0.15, 0.2) is 91.0 Å². The number of cyclic esters (lactones) is 1. The molecule has 0 aromatic heterocycles. The summed E-state index contributed by atoms with van der Waals surface area (Å²) in [4.78, 5) is 45.8. The Morgan fingerprint density at radius 3 is 1.87 bits per heavy atom. The van der Waals surface area contributed by atoms with Crippen LogP contribution in [0.2, 0.25) is 0 Å². The summed E-state index contributed by atoms with van der Waals surface area (Å²) in [6.45, 7) is 19.8. The monoisotopic (exact) mass is 1260 g/mol. The van der Waals surface area contributed by atoms with Crippen molar-refractivity contribution in [1.29, 1.82) is 0 Å². The Morgan fingerprint density at radius 1 is 0.786 bits per heavy atom. The molecule has 1 amide bonds. The molecule has 0 aliphatic carbocycles. The number of rotatable bonds is 19. The molecule has 18 atom stereocenters. The van der Waals surface area contributed by atoms with Gasteiger partial charge in [0.05, 0.1) is 53.7 Å². The number of esters is 2. The maximum atomic E-state index is 15.0. The number of halogens is 1. The number of nitrogens with one attached hydrogen (secondary N) is 1. The summed E-state index contributed by atoms with van der Waals surface area (Å²) in [5.41, 5.74) is -4.69. The number of aliphatic hydroxyl groups excluding tert-OH is 1. The number of carbonyl (C=O) groups is 3. The average molecular weight is 1260 g/mol. The summed E-state index contributed by atoms with van der Waals surface area (Å²) < 4.78 is 51.2. The van der Waals surface area contributed by atoms with Crippen LogP contribution in [0.5, 0.6) is 0 Å². The lowest BCUT2D eigenvalue weighted by molar-refractivity contribution is -0.318. The van der Waals surface area contributed by atoms with Crippen LogP contribution in [-0.2, 0) is 47.5 Å². The van der Waals surface area contributed by atoms with E-state index >= 15 is 4.79 Å². The number of carbonyl (C=O) groups excluding carboxylic acids is 3. The summed E-state index contributed by atoms with van der Waals surface area (Å²) in [6.07, 6.45) is -5.03. The molecule has 3 aliphatic heterocycles. The number of nitrogens with zero attached hydrogens (tertiary/aromatic N) is 2. The third-order valence-corrected chi connectivity index (χ3v) is 22.5. The van der Waals surface area contributed by atoms with E-state index in [1.807, 2.05) is 58.6 Å². The molecule has 0 radical (unpaired) electrons. The number of unbranched alkanes of at least 4 members (excludes halogenated alkanes) is 3. The maximum Gasteiger partial charge on any atom is 0.407 e. The van der Waals surface area contributed by atoms with Crippen LogP contribution in [0.4, 0.5) is 4.79 Å². The molecule has 19 heteroatoms. The van der Waals surface area contributed by atoms with Crippen LogP contribution in [0, 0.1) is 17.8 Å². The molecule has 4 N–H and O–H groups in total. The van der Waals surface area contributed by atoms with Gasteiger partial charge < -0.3 is 80.4 Å². The Balaban J connectivity index is 0.0000129. The quantitative estimate of drug-likeness (QED) is 0.0553. The van der Waals surface area contributed by atoms with Crippen molar-refractivity contribution in [2.45, 2.75) is 218 Å². The number of benzene rings is 3. The molecule has 3 aromatic rings. The third kappa shape index (κ3) is 17.4. The summed E-state index contributed by atoms with van der Waals surface area (Å²) in [5, 5.41) is 44.1. The Hall–Kier alpha value is -3.62. The zero-order valence-corrected chi connectivity index (χ0v) is 55.1. The molecule has 0 saturated carbocycles. The predicted molar refractivity (Wildman–Crippen MR) is 324 cm³/mol. The highest BCUT2D eigenvalue weighted by atomic mass is 79.9. The topological polar surface area (TPSA) is 204 Å². The summed E-state index contributed by atoms with van der Waals surface area (Å²) >= 11 is 0. The molecule has 0 bridgehead atoms. The second-order valence-electron chi connectivity index (χ2n) is 25.0. The summed E-state index contributed by atoms with van der Waals surface area (Å²) in [5.74, 6) is -3.47. The minimum atomic E-state index is -1.97. The van der Waals surface area contributed by atoms with Gasteiger partial charge in [-0.1, -0.05) is 81.8 Å². The van der Waals surface area contributed by atoms with Crippen LogP contribution < -0.4 is 38.2 Å². The molecule has 3 fully saturated rings. The van der Waals surface area contributed by atoms with Gasteiger partial charge in [-0.25, -0.2) is 4.79 Å². The summed E-state index contributed by atoms with van der Waals surface area (Å²) in [6, 6.07) is 31.6. The fourth-order valence-electron chi connectivity index (χ4n) is 13.3. The number of hydrogen-bond acceptors (Lipinski definition) is 16. The van der Waals surface area contributed by atoms with E-state index in [2.05, 4.69) is 96.3 Å². The van der Waals surface area contributed by atoms with Crippen molar-refractivity contribution in [2.24, 2.45) is 17.8 Å². The van der Waals surface area contributed by atoms with E-state index < -0.39 is 115 Å². The van der Waals surface area contributed by atoms with Crippen molar-refractivity contribution in [1.82, 2.24) is 15.1 Å². The largest absolute Gasteiger partial charge is 1.00 e. The maximum absolute atomic E-state index is 15.0. The van der Waals surface area contributed by atoms with Gasteiger partial charge in [0.2, 0.25) is 0 Å². The first-order chi connectivity index (χ1) is 39.2. The highest BCUT2D eigenvalue weighted by Crippen LogP contribution is 2.56. The van der Waals surface area contributed by atoms with E-state index in [1.54, 1.807) is 34.6 Å². The molecule has 3 saturated heterocycles. The van der Waals surface area contributed by atoms with Gasteiger partial charge in [0, 0.05) is 45.5 Å². The molecule has 17 nitrogen and oxygen atoms in total. The van der Waals surface area contributed by atoms with Crippen LogP contribution >= 0.6 is 7.26 Å². The molecule has 472 valence electrons. The number of ether oxygens (including phenoxy) is 8. The fraction of sp³-hybridized carbons (Fsp3) is 0.677. The lowest BCUT2D eigenvalue weighted by Crippen LogP contribution is -3.00. The zero-order chi connectivity index (χ0) is 61.0. The Bertz CT molecular complexity index is 2390. The molecule has 3 heterocycles. The minimum absolute atomic E-state index is 0. The normalized spacial score (nSPS) is 34.9. The number of amides is 1. The Kier molecular flexibility index (Phi) is 26.7. The second kappa shape index (κ2) is 31.5. The van der Waals surface area contributed by atoms with Crippen molar-refractivity contribution in [3.05, 3.63) is 91.0 Å². The first kappa shape index (κ1) is 71.1. The van der Waals surface area contributed by atoms with Gasteiger partial charge in [0.1, 0.15) is 41.0 Å². The Labute approximate surface area is 512 Å². The first-order valence-corrected chi connectivity index (χ1v) is 32.2. The molecule has 6 rings (SSSR count). The number of likely N-dealkylation sites (N-methyl/N-ethyl adjacent to an activating group) is 2. The lowest BCUT2D eigenvalue weighted by Gasteiger charge is -2.49. The second-order valence-corrected chi connectivity index (χ2v) is 28.6. The average Bonchev–Trinajstić information content (AvgIpc) is 1.57. The van der Waals surface area contributed by atoms with E-state index in [-0.39, 0.29) is 54.3 Å². The predicted octanol–water partition coefficient (Wildman–Crippen LogP) is 4.76. The number of aliphatic hydroxyl groups is 3. The van der Waals surface area contributed by atoms with E-state index in [1.165, 1.54) is 36.9 Å². The van der Waals surface area contributed by atoms with Crippen LogP contribution in [-0.4, -0.2) is 181 Å². The summed E-state index contributed by atoms with van der Waals surface area (Å²) in [7, 11) is 5.20. The molecule has 0 unspecified atom stereocenters. The molecule has 3 aliphatic rings. The standard InChI is InChI=1S/C65H100N3O14P.BrH/c1-16-53-65(11,74)59(82-62(72)66-36-28-17-18-29-37-83(49-30-22-19-23-31-49,50-32-24-20-25-33-50)51-34-26-21-27-35-51)46(6)68(14)41-42(2)39-63(9,73)58(81-61-56(78-48(8)69)52(67(12)13)38-43(3)76-61)44(4)55(45(5)60(71)79-53)80-54-40-64(10,75-15)57(70)47(7)77-54;/h19-27,30-35,42-47,52-59,61,70,73-74H,16-18,28-29,36-41H2,1-15H3;1H/t42-,43-,44+,45-,46-,47+,52+,53-,54+,55+,56-,57+,58-,59-,61+,63-,64-,65-;/m1./s1. The van der Waals surface area contributed by atoms with Gasteiger partial charge in [-0.05, 0) is 150 Å². The van der Waals surface area contributed by atoms with E-state index in [0.29, 0.717) is 25.9 Å². The molecular formula is C65H101BrN3O14P. The van der Waals surface area contributed by atoms with Crippen LogP contribution in [0.3, 0.4) is 0 Å². The Morgan fingerprint density at radius 2 is 1.35 bits per heavy atom. The van der Waals surface area contributed by atoms with Crippen molar-refractivity contribution in [3.63, 3.8) is 0 Å². The van der Waals surface area contributed by atoms with Crippen molar-refractivity contribution < 1.29 is 84.6 Å². The van der Waals surface area contributed by atoms with Gasteiger partial charge in [0.25, 0.3) is 0 Å². The first-order valence-electron chi connectivity index (χ1n) is 30.2. The smallest absolute Gasteiger partial charge is 0.407 e. The lowest BCUT2D eigenvalue weighted by atomic mass is 9.77. The van der Waals surface area contributed by atoms with Crippen molar-refractivity contribution in [3.8, 4) is 0 Å². The van der Waals surface area contributed by atoms with Gasteiger partial charge in [0.15, 0.2) is 24.8 Å². The van der Waals surface area contributed by atoms with Crippen LogP contribution in [0.1, 0.15) is 128 Å². The number of methoxy groups -OCH3 is 1. The molecular weight excluding hydrogens is 1160 g/mol. The highest BCUT2D eigenvalue weighted by molar-refractivity contribution is 7.95. The zero-order valence-electron chi connectivity index (χ0n) is 52.7. The SMILES string of the molecule is CC[C@H]1OC(=O)[C@H](C)[C@@H](O[C@H]2C[C@@](C)(OC)[C@@H](O)[C@H](C)O2)[C@H](C)[C@@H](O[C@@H]2O[C@H](C)C[C@H](N(C)C)[C@H]2OC(C)=O)[C@](C)(O)C[C@@H](C)CN(C)[C@H](C)[C@@H](OC(=O)NCCCCCC[P+](c2ccccc2)(c2ccccc2)c2ccccc2)[C@]1(C)O.[Br-]. The number of alkyl carbamates (subject to hydrolysis) is 1. The third-order valence-electron chi connectivity index (χ3n) is 18.0. The van der Waals surface area contributed by atoms with E-state index in [4.69, 9.17) is 37.9 Å². The fourth-order valence-corrected chi connectivity index (χ4v) is 17.7. The number of hydrogen-bond donors (Lipinski definition) is 4. The van der Waals surface area contributed by atoms with Crippen LogP contribution in [0.25, 0.3) is 0 Å². The minimum Gasteiger partial charge on any atom is -1.00 e.